The number of rotatable bonds is 3. The van der Waals surface area contributed by atoms with Crippen LogP contribution in [-0.4, -0.2) is 13.4 Å². The van der Waals surface area contributed by atoms with Crippen molar-refractivity contribution in [3.63, 3.8) is 0 Å². The monoisotopic (exact) mass is 354 g/mol. The molecule has 1 heterocycles. The molecule has 1 N–H and O–H groups in total. The molecule has 0 aliphatic heterocycles. The van der Waals surface area contributed by atoms with Crippen molar-refractivity contribution < 1.29 is 8.42 Å². The summed E-state index contributed by atoms with van der Waals surface area (Å²) in [4.78, 5) is 4.44. The lowest BCUT2D eigenvalue weighted by atomic mass is 10.2. The second-order valence-electron chi connectivity index (χ2n) is 4.69. The average Bonchev–Trinajstić information content (AvgIpc) is 2.30. The van der Waals surface area contributed by atoms with Crippen molar-refractivity contribution in [2.24, 2.45) is 0 Å². The molecule has 1 aromatic carbocycles. The molecule has 0 atom stereocenters. The number of sulfonamides is 1. The maximum Gasteiger partial charge on any atom is 0.263 e. The van der Waals surface area contributed by atoms with Gasteiger partial charge in [0.1, 0.15) is 5.82 Å². The van der Waals surface area contributed by atoms with E-state index in [0.29, 0.717) is 11.4 Å². The number of aryl methyl sites for hydroxylation is 3. The zero-order valence-corrected chi connectivity index (χ0v) is 13.8. The summed E-state index contributed by atoms with van der Waals surface area (Å²) < 4.78 is 28.1. The Bertz CT molecular complexity index is 738. The Hall–Kier alpha value is -1.40. The third kappa shape index (κ3) is 3.37. The number of anilines is 1. The molecule has 0 aliphatic carbocycles. The van der Waals surface area contributed by atoms with Crippen LogP contribution in [0.15, 0.2) is 39.7 Å². The quantitative estimate of drug-likeness (QED) is 0.916. The summed E-state index contributed by atoms with van der Waals surface area (Å²) in [5.41, 5.74) is 2.42. The number of pyridine rings is 1. The maximum atomic E-state index is 12.4. The molecule has 4 nitrogen and oxygen atoms in total. The Morgan fingerprint density at radius 2 is 1.80 bits per heavy atom. The van der Waals surface area contributed by atoms with Crippen molar-refractivity contribution in [2.45, 2.75) is 25.7 Å². The predicted molar refractivity (Wildman–Crippen MR) is 83.4 cm³/mol. The zero-order valence-electron chi connectivity index (χ0n) is 11.4. The summed E-state index contributed by atoms with van der Waals surface area (Å²) in [6.45, 7) is 5.49. The van der Waals surface area contributed by atoms with Gasteiger partial charge in [0.25, 0.3) is 10.0 Å². The molecule has 106 valence electrons. The van der Waals surface area contributed by atoms with Gasteiger partial charge in [-0.2, -0.15) is 0 Å². The summed E-state index contributed by atoms with van der Waals surface area (Å²) in [6.07, 6.45) is 0. The Kier molecular flexibility index (Phi) is 4.15. The molecule has 1 aromatic heterocycles. The lowest BCUT2D eigenvalue weighted by Crippen LogP contribution is -2.15. The van der Waals surface area contributed by atoms with Gasteiger partial charge in [0.15, 0.2) is 0 Å². The molecule has 2 rings (SSSR count). The summed E-state index contributed by atoms with van der Waals surface area (Å²) in [5.74, 6) is 0.335. The smallest absolute Gasteiger partial charge is 0.263 e. The Morgan fingerprint density at radius 3 is 2.45 bits per heavy atom. The average molecular weight is 355 g/mol. The van der Waals surface area contributed by atoms with E-state index >= 15 is 0 Å². The molecule has 6 heteroatoms. The molecule has 0 saturated heterocycles. The van der Waals surface area contributed by atoms with Gasteiger partial charge < -0.3 is 0 Å². The van der Waals surface area contributed by atoms with Crippen molar-refractivity contribution in [1.29, 1.82) is 0 Å². The van der Waals surface area contributed by atoms with Crippen LogP contribution in [0.25, 0.3) is 0 Å². The summed E-state index contributed by atoms with van der Waals surface area (Å²) in [5, 5.41) is 0. The molecule has 2 aromatic rings. The first-order valence-corrected chi connectivity index (χ1v) is 8.30. The van der Waals surface area contributed by atoms with Gasteiger partial charge in [-0.15, -0.1) is 0 Å². The van der Waals surface area contributed by atoms with Crippen LogP contribution < -0.4 is 4.72 Å². The van der Waals surface area contributed by atoms with Gasteiger partial charge >= 0.3 is 0 Å². The number of aromatic nitrogens is 1. The molecule has 20 heavy (non-hydrogen) atoms. The number of halogens is 1. The van der Waals surface area contributed by atoms with E-state index in [4.69, 9.17) is 0 Å². The molecular weight excluding hydrogens is 340 g/mol. The molecule has 0 saturated carbocycles. The fourth-order valence-corrected chi connectivity index (χ4v) is 3.73. The first-order valence-electron chi connectivity index (χ1n) is 6.02. The molecule has 0 amide bonds. The third-order valence-corrected chi connectivity index (χ3v) is 4.77. The highest BCUT2D eigenvalue weighted by Crippen LogP contribution is 2.23. The van der Waals surface area contributed by atoms with Crippen molar-refractivity contribution >= 4 is 31.8 Å². The predicted octanol–water partition coefficient (Wildman–Crippen LogP) is 3.57. The Morgan fingerprint density at radius 1 is 1.10 bits per heavy atom. The van der Waals surface area contributed by atoms with Gasteiger partial charge in [-0.3, -0.25) is 4.72 Å². The Balaban J connectivity index is 2.43. The largest absolute Gasteiger partial charge is 0.263 e. The second-order valence-corrected chi connectivity index (χ2v) is 7.25. The van der Waals surface area contributed by atoms with Crippen LogP contribution in [0.3, 0.4) is 0 Å². The highest BCUT2D eigenvalue weighted by Gasteiger charge is 2.18. The molecule has 0 bridgehead atoms. The SMILES string of the molecule is Cc1cc(C)nc(NS(=O)(=O)c2cc(Br)ccc2C)c1. The Labute approximate surface area is 127 Å². The van der Waals surface area contributed by atoms with Crippen LogP contribution in [0, 0.1) is 20.8 Å². The summed E-state index contributed by atoms with van der Waals surface area (Å²) in [6, 6.07) is 8.75. The van der Waals surface area contributed by atoms with Gasteiger partial charge in [-0.25, -0.2) is 13.4 Å². The number of hydrogen-bond acceptors (Lipinski definition) is 3. The van der Waals surface area contributed by atoms with Crippen LogP contribution in [0.2, 0.25) is 0 Å². The second kappa shape index (κ2) is 5.54. The first-order chi connectivity index (χ1) is 9.28. The number of nitrogens with zero attached hydrogens (tertiary/aromatic N) is 1. The lowest BCUT2D eigenvalue weighted by molar-refractivity contribution is 0.600. The summed E-state index contributed by atoms with van der Waals surface area (Å²) >= 11 is 3.29. The van der Waals surface area contributed by atoms with Crippen LogP contribution in [0.5, 0.6) is 0 Å². The zero-order chi connectivity index (χ0) is 14.9. The minimum Gasteiger partial charge on any atom is -0.263 e. The highest BCUT2D eigenvalue weighted by atomic mass is 79.9. The van der Waals surface area contributed by atoms with E-state index in [-0.39, 0.29) is 4.90 Å². The van der Waals surface area contributed by atoms with E-state index in [9.17, 15) is 8.42 Å². The number of benzene rings is 1. The first kappa shape index (κ1) is 15.0. The molecule has 0 aliphatic rings. The number of hydrogen-bond donors (Lipinski definition) is 1. The van der Waals surface area contributed by atoms with E-state index in [0.717, 1.165) is 15.7 Å². The van der Waals surface area contributed by atoms with Crippen molar-refractivity contribution in [2.75, 3.05) is 4.72 Å². The van der Waals surface area contributed by atoms with Gasteiger partial charge in [0, 0.05) is 10.2 Å². The normalized spacial score (nSPS) is 11.4. The van der Waals surface area contributed by atoms with Crippen molar-refractivity contribution in [1.82, 2.24) is 4.98 Å². The van der Waals surface area contributed by atoms with Crippen LogP contribution in [-0.2, 0) is 10.0 Å². The maximum absolute atomic E-state index is 12.4. The van der Waals surface area contributed by atoms with Gasteiger partial charge in [-0.05, 0) is 56.2 Å². The van der Waals surface area contributed by atoms with E-state index in [1.165, 1.54) is 0 Å². The molecule has 0 unspecified atom stereocenters. The third-order valence-electron chi connectivity index (χ3n) is 2.78. The molecular formula is C14H15BrN2O2S. The van der Waals surface area contributed by atoms with E-state index in [2.05, 4.69) is 25.6 Å². The van der Waals surface area contributed by atoms with Crippen molar-refractivity contribution in [3.05, 3.63) is 51.6 Å². The van der Waals surface area contributed by atoms with Crippen LogP contribution in [0.4, 0.5) is 5.82 Å². The van der Waals surface area contributed by atoms with Crippen LogP contribution >= 0.6 is 15.9 Å². The summed E-state index contributed by atoms with van der Waals surface area (Å²) in [7, 11) is -3.64. The van der Waals surface area contributed by atoms with Gasteiger partial charge in [-0.1, -0.05) is 22.0 Å². The molecule has 0 radical (unpaired) electrons. The van der Waals surface area contributed by atoms with Crippen molar-refractivity contribution in [3.8, 4) is 0 Å². The molecule has 0 fully saturated rings. The number of nitrogens with one attached hydrogen (secondary N) is 1. The minimum atomic E-state index is -3.64. The van der Waals surface area contributed by atoms with Crippen LogP contribution in [0.1, 0.15) is 16.8 Å². The van der Waals surface area contributed by atoms with E-state index in [1.54, 1.807) is 25.1 Å². The van der Waals surface area contributed by atoms with Gasteiger partial charge in [0.2, 0.25) is 0 Å². The van der Waals surface area contributed by atoms with E-state index in [1.807, 2.05) is 26.0 Å². The highest BCUT2D eigenvalue weighted by molar-refractivity contribution is 9.10. The standard InChI is InChI=1S/C14H15BrN2O2S/c1-9-6-11(3)16-14(7-9)17-20(18,19)13-8-12(15)5-4-10(13)2/h4-8H,1-3H3,(H,16,17). The topological polar surface area (TPSA) is 59.1 Å². The fourth-order valence-electron chi connectivity index (χ4n) is 1.95. The minimum absolute atomic E-state index is 0.243. The van der Waals surface area contributed by atoms with Gasteiger partial charge in [0.05, 0.1) is 4.90 Å². The lowest BCUT2D eigenvalue weighted by Gasteiger charge is -2.11. The van der Waals surface area contributed by atoms with E-state index < -0.39 is 10.0 Å². The molecule has 0 spiro atoms. The fraction of sp³-hybridized carbons (Fsp3) is 0.214.